The number of hydrogen-bond donors (Lipinski definition) is 1. The van der Waals surface area contributed by atoms with Crippen molar-refractivity contribution in [2.45, 2.75) is 18.9 Å². The SMILES string of the molecule is COC(=O)c1cn(C2CCc3ccccc3NC2=O)nn1. The molecule has 0 aliphatic carbocycles. The fourth-order valence-electron chi connectivity index (χ4n) is 2.38. The number of esters is 1. The Morgan fingerprint density at radius 3 is 3.05 bits per heavy atom. The number of aromatic nitrogens is 3. The van der Waals surface area contributed by atoms with E-state index in [1.54, 1.807) is 0 Å². The van der Waals surface area contributed by atoms with Gasteiger partial charge < -0.3 is 10.1 Å². The zero-order valence-corrected chi connectivity index (χ0v) is 11.4. The van der Waals surface area contributed by atoms with Gasteiger partial charge in [0.25, 0.3) is 0 Å². The number of para-hydroxylation sites is 1. The van der Waals surface area contributed by atoms with Gasteiger partial charge in [-0.05, 0) is 24.5 Å². The summed E-state index contributed by atoms with van der Waals surface area (Å²) in [4.78, 5) is 23.7. The Hall–Kier alpha value is -2.70. The number of anilines is 1. The lowest BCUT2D eigenvalue weighted by atomic mass is 10.1. The van der Waals surface area contributed by atoms with Gasteiger partial charge in [-0.15, -0.1) is 5.10 Å². The number of nitrogens with one attached hydrogen (secondary N) is 1. The molecule has 0 saturated heterocycles. The summed E-state index contributed by atoms with van der Waals surface area (Å²) in [5.41, 5.74) is 1.99. The van der Waals surface area contributed by atoms with Crippen LogP contribution in [0.2, 0.25) is 0 Å². The van der Waals surface area contributed by atoms with Gasteiger partial charge in [-0.2, -0.15) is 0 Å². The molecule has 1 amide bonds. The number of rotatable bonds is 2. The highest BCUT2D eigenvalue weighted by Crippen LogP contribution is 2.26. The highest BCUT2D eigenvalue weighted by molar-refractivity contribution is 5.95. The van der Waals surface area contributed by atoms with Crippen LogP contribution < -0.4 is 5.32 Å². The Kier molecular flexibility index (Phi) is 3.39. The first-order valence-electron chi connectivity index (χ1n) is 6.58. The van der Waals surface area contributed by atoms with Gasteiger partial charge >= 0.3 is 5.97 Å². The standard InChI is InChI=1S/C14H14N4O3/c1-21-14(20)11-8-18(17-16-11)12-7-6-9-4-2-3-5-10(9)15-13(12)19/h2-5,8,12H,6-7H2,1H3,(H,15,19). The maximum absolute atomic E-state index is 12.3. The van der Waals surface area contributed by atoms with Crippen LogP contribution >= 0.6 is 0 Å². The predicted octanol–water partition coefficient (Wildman–Crippen LogP) is 1.19. The third kappa shape index (κ3) is 2.49. The monoisotopic (exact) mass is 286 g/mol. The Labute approximate surface area is 120 Å². The van der Waals surface area contributed by atoms with Gasteiger partial charge in [-0.3, -0.25) is 4.79 Å². The van der Waals surface area contributed by atoms with E-state index < -0.39 is 12.0 Å². The summed E-state index contributed by atoms with van der Waals surface area (Å²) in [5, 5.41) is 10.5. The molecule has 7 nitrogen and oxygen atoms in total. The van der Waals surface area contributed by atoms with Crippen LogP contribution in [-0.2, 0) is 16.0 Å². The van der Waals surface area contributed by atoms with E-state index in [0.29, 0.717) is 6.42 Å². The molecule has 1 atom stereocenters. The molecule has 108 valence electrons. The van der Waals surface area contributed by atoms with E-state index in [-0.39, 0.29) is 11.6 Å². The number of nitrogens with zero attached hydrogens (tertiary/aromatic N) is 3. The number of methoxy groups -OCH3 is 1. The first-order chi connectivity index (χ1) is 10.2. The van der Waals surface area contributed by atoms with E-state index >= 15 is 0 Å². The molecule has 2 aromatic rings. The topological polar surface area (TPSA) is 86.1 Å². The molecule has 1 unspecified atom stereocenters. The fraction of sp³-hybridized carbons (Fsp3) is 0.286. The summed E-state index contributed by atoms with van der Waals surface area (Å²) in [6.45, 7) is 0. The van der Waals surface area contributed by atoms with Crippen molar-refractivity contribution in [2.75, 3.05) is 12.4 Å². The van der Waals surface area contributed by atoms with Crippen molar-refractivity contribution >= 4 is 17.6 Å². The second-order valence-corrected chi connectivity index (χ2v) is 4.78. The molecule has 21 heavy (non-hydrogen) atoms. The smallest absolute Gasteiger partial charge is 0.360 e. The summed E-state index contributed by atoms with van der Waals surface area (Å²) in [7, 11) is 1.27. The van der Waals surface area contributed by atoms with Crippen molar-refractivity contribution in [2.24, 2.45) is 0 Å². The number of carbonyl (C=O) groups excluding carboxylic acids is 2. The molecule has 2 heterocycles. The van der Waals surface area contributed by atoms with Crippen molar-refractivity contribution < 1.29 is 14.3 Å². The molecule has 1 aromatic heterocycles. The zero-order chi connectivity index (χ0) is 14.8. The first-order valence-corrected chi connectivity index (χ1v) is 6.58. The predicted molar refractivity (Wildman–Crippen MR) is 73.8 cm³/mol. The van der Waals surface area contributed by atoms with E-state index in [4.69, 9.17) is 0 Å². The number of carbonyl (C=O) groups is 2. The number of aryl methyl sites for hydroxylation is 1. The second-order valence-electron chi connectivity index (χ2n) is 4.78. The molecule has 1 aliphatic rings. The third-order valence-corrected chi connectivity index (χ3v) is 3.49. The molecule has 3 rings (SSSR count). The molecule has 1 aromatic carbocycles. The molecule has 0 radical (unpaired) electrons. The van der Waals surface area contributed by atoms with E-state index in [1.807, 2.05) is 24.3 Å². The van der Waals surface area contributed by atoms with Gasteiger partial charge in [0.05, 0.1) is 13.3 Å². The molecule has 1 aliphatic heterocycles. The van der Waals surface area contributed by atoms with Crippen LogP contribution in [0.4, 0.5) is 5.69 Å². The third-order valence-electron chi connectivity index (χ3n) is 3.49. The van der Waals surface area contributed by atoms with Gasteiger partial charge in [0, 0.05) is 5.69 Å². The first kappa shape index (κ1) is 13.3. The normalized spacial score (nSPS) is 17.6. The lowest BCUT2D eigenvalue weighted by Crippen LogP contribution is -2.25. The van der Waals surface area contributed by atoms with E-state index in [1.165, 1.54) is 18.0 Å². The average Bonchev–Trinajstić information content (AvgIpc) is 2.91. The minimum absolute atomic E-state index is 0.0899. The summed E-state index contributed by atoms with van der Waals surface area (Å²) in [6, 6.07) is 7.18. The minimum atomic E-state index is -0.571. The minimum Gasteiger partial charge on any atom is -0.464 e. The number of amides is 1. The van der Waals surface area contributed by atoms with Crippen molar-refractivity contribution in [3.63, 3.8) is 0 Å². The van der Waals surface area contributed by atoms with Crippen LogP contribution in [0.1, 0.15) is 28.5 Å². The summed E-state index contributed by atoms with van der Waals surface area (Å²) < 4.78 is 5.99. The number of benzene rings is 1. The Bertz CT molecular complexity index is 695. The number of hydrogen-bond acceptors (Lipinski definition) is 5. The lowest BCUT2D eigenvalue weighted by Gasteiger charge is -2.12. The fourth-order valence-corrected chi connectivity index (χ4v) is 2.38. The molecule has 0 bridgehead atoms. The molecule has 0 saturated carbocycles. The van der Waals surface area contributed by atoms with Gasteiger partial charge in [0.2, 0.25) is 5.91 Å². The molecular formula is C14H14N4O3. The molecule has 0 spiro atoms. The van der Waals surface area contributed by atoms with Crippen LogP contribution in [0, 0.1) is 0 Å². The molecule has 1 N–H and O–H groups in total. The zero-order valence-electron chi connectivity index (χ0n) is 11.4. The number of ether oxygens (including phenoxy) is 1. The molecule has 0 fully saturated rings. The summed E-state index contributed by atoms with van der Waals surface area (Å²) in [6.07, 6.45) is 2.77. The molecular weight excluding hydrogens is 272 g/mol. The van der Waals surface area contributed by atoms with E-state index in [9.17, 15) is 9.59 Å². The highest BCUT2D eigenvalue weighted by atomic mass is 16.5. The lowest BCUT2D eigenvalue weighted by molar-refractivity contribution is -0.119. The van der Waals surface area contributed by atoms with E-state index in [2.05, 4.69) is 20.4 Å². The van der Waals surface area contributed by atoms with Gasteiger partial charge in [-0.1, -0.05) is 23.4 Å². The Morgan fingerprint density at radius 2 is 2.24 bits per heavy atom. The van der Waals surface area contributed by atoms with Crippen LogP contribution in [-0.4, -0.2) is 34.0 Å². The van der Waals surface area contributed by atoms with Crippen molar-refractivity contribution in [1.29, 1.82) is 0 Å². The number of fused-ring (bicyclic) bond motifs is 1. The van der Waals surface area contributed by atoms with Crippen LogP contribution in [0.5, 0.6) is 0 Å². The highest BCUT2D eigenvalue weighted by Gasteiger charge is 2.26. The summed E-state index contributed by atoms with van der Waals surface area (Å²) >= 11 is 0. The van der Waals surface area contributed by atoms with Crippen molar-refractivity contribution in [1.82, 2.24) is 15.0 Å². The molecule has 7 heteroatoms. The van der Waals surface area contributed by atoms with Crippen LogP contribution in [0.15, 0.2) is 30.5 Å². The van der Waals surface area contributed by atoms with Crippen molar-refractivity contribution in [3.8, 4) is 0 Å². The largest absolute Gasteiger partial charge is 0.464 e. The quantitative estimate of drug-likeness (QED) is 0.838. The summed E-state index contributed by atoms with van der Waals surface area (Å²) in [5.74, 6) is -0.736. The Morgan fingerprint density at radius 1 is 1.43 bits per heavy atom. The average molecular weight is 286 g/mol. The van der Waals surface area contributed by atoms with Gasteiger partial charge in [0.15, 0.2) is 5.69 Å². The van der Waals surface area contributed by atoms with Crippen LogP contribution in [0.3, 0.4) is 0 Å². The Balaban J connectivity index is 1.86. The van der Waals surface area contributed by atoms with Crippen LogP contribution in [0.25, 0.3) is 0 Å². The van der Waals surface area contributed by atoms with E-state index in [0.717, 1.165) is 17.7 Å². The maximum Gasteiger partial charge on any atom is 0.360 e. The maximum atomic E-state index is 12.3. The van der Waals surface area contributed by atoms with Gasteiger partial charge in [0.1, 0.15) is 6.04 Å². The second kappa shape index (κ2) is 5.35. The van der Waals surface area contributed by atoms with Gasteiger partial charge in [-0.25, -0.2) is 9.48 Å². The van der Waals surface area contributed by atoms with Crippen molar-refractivity contribution in [3.05, 3.63) is 41.7 Å².